The van der Waals surface area contributed by atoms with E-state index < -0.39 is 0 Å². The van der Waals surface area contributed by atoms with Crippen molar-refractivity contribution in [3.8, 4) is 0 Å². The Kier molecular flexibility index (Phi) is 12.7. The lowest BCUT2D eigenvalue weighted by molar-refractivity contribution is -0.133. The summed E-state index contributed by atoms with van der Waals surface area (Å²) < 4.78 is 0. The summed E-state index contributed by atoms with van der Waals surface area (Å²) in [6.45, 7) is 9.41. The van der Waals surface area contributed by atoms with Gasteiger partial charge in [-0.3, -0.25) is 4.79 Å². The van der Waals surface area contributed by atoms with E-state index in [1.807, 2.05) is 25.8 Å². The average Bonchev–Trinajstić information content (AvgIpc) is 2.25. The van der Waals surface area contributed by atoms with Gasteiger partial charge in [0.1, 0.15) is 0 Å². The largest absolute Gasteiger partial charge is 0.346 e. The number of rotatable bonds is 9. The molecule has 0 aliphatic rings. The molecule has 1 amide bonds. The van der Waals surface area contributed by atoms with Gasteiger partial charge in [-0.05, 0) is 12.3 Å². The zero-order valence-corrected chi connectivity index (χ0v) is 12.5. The van der Waals surface area contributed by atoms with Crippen LogP contribution in [-0.4, -0.2) is 24.4 Å². The lowest BCUT2D eigenvalue weighted by Crippen LogP contribution is -2.31. The van der Waals surface area contributed by atoms with E-state index in [-0.39, 0.29) is 19.3 Å². The van der Waals surface area contributed by atoms with Crippen molar-refractivity contribution in [1.29, 1.82) is 0 Å². The molecule has 0 spiro atoms. The molecule has 2 nitrogen and oxygen atoms in total. The number of hydrogen-bond acceptors (Lipinski definition) is 1. The molecule has 18 heavy (non-hydrogen) atoms. The Labute approximate surface area is 115 Å². The number of carbonyl (C=O) groups is 1. The third kappa shape index (κ3) is 10.6. The van der Waals surface area contributed by atoms with Gasteiger partial charge in [-0.15, -0.1) is 0 Å². The molecule has 2 heteroatoms. The molecule has 0 saturated heterocycles. The van der Waals surface area contributed by atoms with Gasteiger partial charge in [0.05, 0.1) is 0 Å². The summed E-state index contributed by atoms with van der Waals surface area (Å²) in [6, 6.07) is 0. The summed E-state index contributed by atoms with van der Waals surface area (Å²) in [5.74, 6) is 1.24. The molecule has 0 rings (SSSR count). The number of nitrogens with zero attached hydrogens (tertiary/aromatic N) is 1. The van der Waals surface area contributed by atoms with Crippen molar-refractivity contribution in [1.82, 2.24) is 4.90 Å². The number of unbranched alkanes of at least 4 members (excludes halogenated alkanes) is 4. The molecule has 0 N–H and O–H groups in total. The molecule has 0 aromatic rings. The van der Waals surface area contributed by atoms with Crippen LogP contribution >= 0.6 is 0 Å². The third-order valence-electron chi connectivity index (χ3n) is 3.15. The van der Waals surface area contributed by atoms with Crippen LogP contribution in [0.4, 0.5) is 0 Å². The lowest BCUT2D eigenvalue weighted by Gasteiger charge is -2.19. The minimum atomic E-state index is 0. The Morgan fingerprint density at radius 3 is 1.94 bits per heavy atom. The highest BCUT2D eigenvalue weighted by atomic mass is 16.2. The molecule has 0 bridgehead atoms. The molecule has 110 valence electrons. The maximum Gasteiger partial charge on any atom is 0.224 e. The van der Waals surface area contributed by atoms with E-state index in [0.717, 1.165) is 18.9 Å². The van der Waals surface area contributed by atoms with Crippen LogP contribution in [0.25, 0.3) is 0 Å². The Morgan fingerprint density at radius 1 is 0.944 bits per heavy atom. The SMILES string of the molecule is C.CC(C)CCCCCCCN(C)C(=O)C(C)C. The predicted molar refractivity (Wildman–Crippen MR) is 81.7 cm³/mol. The minimum absolute atomic E-state index is 0. The van der Waals surface area contributed by atoms with E-state index in [0.29, 0.717) is 0 Å². The maximum absolute atomic E-state index is 11.6. The molecule has 0 aromatic heterocycles. The summed E-state index contributed by atoms with van der Waals surface area (Å²) in [6.07, 6.45) is 7.78. The first kappa shape index (κ1) is 19.8. The van der Waals surface area contributed by atoms with Crippen molar-refractivity contribution in [3.05, 3.63) is 0 Å². The molecular formula is C16H35NO. The zero-order chi connectivity index (χ0) is 13.3. The topological polar surface area (TPSA) is 20.3 Å². The van der Waals surface area contributed by atoms with Crippen LogP contribution in [0.15, 0.2) is 0 Å². The Balaban J connectivity index is 0. The fourth-order valence-electron chi connectivity index (χ4n) is 1.98. The van der Waals surface area contributed by atoms with E-state index in [4.69, 9.17) is 0 Å². The molecule has 0 saturated carbocycles. The fourth-order valence-corrected chi connectivity index (χ4v) is 1.98. The summed E-state index contributed by atoms with van der Waals surface area (Å²) in [7, 11) is 1.92. The van der Waals surface area contributed by atoms with Gasteiger partial charge in [-0.25, -0.2) is 0 Å². The lowest BCUT2D eigenvalue weighted by atomic mass is 10.0. The molecule has 0 fully saturated rings. The molecule has 0 aromatic carbocycles. The smallest absolute Gasteiger partial charge is 0.224 e. The second kappa shape index (κ2) is 11.6. The van der Waals surface area contributed by atoms with Crippen LogP contribution in [0.3, 0.4) is 0 Å². The van der Waals surface area contributed by atoms with Gasteiger partial charge in [0.15, 0.2) is 0 Å². The molecule has 0 heterocycles. The Morgan fingerprint density at radius 2 is 1.44 bits per heavy atom. The zero-order valence-electron chi connectivity index (χ0n) is 12.5. The fraction of sp³-hybridized carbons (Fsp3) is 0.938. The third-order valence-corrected chi connectivity index (χ3v) is 3.15. The van der Waals surface area contributed by atoms with Crippen LogP contribution in [0.1, 0.15) is 73.6 Å². The summed E-state index contributed by atoms with van der Waals surface area (Å²) >= 11 is 0. The summed E-state index contributed by atoms with van der Waals surface area (Å²) in [5.41, 5.74) is 0. The van der Waals surface area contributed by atoms with Crippen LogP contribution in [0.2, 0.25) is 0 Å². The van der Waals surface area contributed by atoms with Crippen molar-refractivity contribution >= 4 is 5.91 Å². The molecule has 0 atom stereocenters. The van der Waals surface area contributed by atoms with E-state index in [1.165, 1.54) is 32.1 Å². The van der Waals surface area contributed by atoms with Crippen LogP contribution in [0, 0.1) is 11.8 Å². The predicted octanol–water partition coefficient (Wildman–Crippen LogP) is 4.73. The van der Waals surface area contributed by atoms with Gasteiger partial charge < -0.3 is 4.90 Å². The van der Waals surface area contributed by atoms with Gasteiger partial charge in [0, 0.05) is 19.5 Å². The molecular weight excluding hydrogens is 222 g/mol. The van der Waals surface area contributed by atoms with Gasteiger partial charge >= 0.3 is 0 Å². The second-order valence-electron chi connectivity index (χ2n) is 5.86. The van der Waals surface area contributed by atoms with E-state index >= 15 is 0 Å². The number of amides is 1. The van der Waals surface area contributed by atoms with E-state index in [1.54, 1.807) is 0 Å². The van der Waals surface area contributed by atoms with Gasteiger partial charge in [0.25, 0.3) is 0 Å². The van der Waals surface area contributed by atoms with Crippen LogP contribution < -0.4 is 0 Å². The summed E-state index contributed by atoms with van der Waals surface area (Å²) in [5, 5.41) is 0. The van der Waals surface area contributed by atoms with Crippen LogP contribution in [0.5, 0.6) is 0 Å². The minimum Gasteiger partial charge on any atom is -0.346 e. The first-order valence-electron chi connectivity index (χ1n) is 7.20. The standard InChI is InChI=1S/C15H31NO.CH4/c1-13(2)11-9-7-6-8-10-12-16(5)15(17)14(3)4;/h13-14H,6-12H2,1-5H3;1H4. The highest BCUT2D eigenvalue weighted by Gasteiger charge is 2.11. The summed E-state index contributed by atoms with van der Waals surface area (Å²) in [4.78, 5) is 13.5. The average molecular weight is 257 g/mol. The van der Waals surface area contributed by atoms with Crippen molar-refractivity contribution in [2.45, 2.75) is 73.6 Å². The number of hydrogen-bond donors (Lipinski definition) is 0. The molecule has 0 aliphatic carbocycles. The van der Waals surface area contributed by atoms with Crippen molar-refractivity contribution < 1.29 is 4.79 Å². The van der Waals surface area contributed by atoms with Crippen molar-refractivity contribution in [2.24, 2.45) is 11.8 Å². The molecule has 0 aliphatic heterocycles. The second-order valence-corrected chi connectivity index (χ2v) is 5.86. The Hall–Kier alpha value is -0.530. The quantitative estimate of drug-likeness (QED) is 0.547. The van der Waals surface area contributed by atoms with E-state index in [9.17, 15) is 4.79 Å². The first-order chi connectivity index (χ1) is 7.95. The normalized spacial score (nSPS) is 10.6. The molecule has 0 radical (unpaired) electrons. The van der Waals surface area contributed by atoms with Crippen molar-refractivity contribution in [3.63, 3.8) is 0 Å². The van der Waals surface area contributed by atoms with Crippen molar-refractivity contribution in [2.75, 3.05) is 13.6 Å². The highest BCUT2D eigenvalue weighted by Crippen LogP contribution is 2.11. The van der Waals surface area contributed by atoms with Crippen LogP contribution in [-0.2, 0) is 4.79 Å². The van der Waals surface area contributed by atoms with Gasteiger partial charge in [-0.1, -0.05) is 67.2 Å². The maximum atomic E-state index is 11.6. The molecule has 0 unspecified atom stereocenters. The van der Waals surface area contributed by atoms with Gasteiger partial charge in [0.2, 0.25) is 5.91 Å². The first-order valence-corrected chi connectivity index (χ1v) is 7.20. The highest BCUT2D eigenvalue weighted by molar-refractivity contribution is 5.77. The number of carbonyl (C=O) groups excluding carboxylic acids is 1. The van der Waals surface area contributed by atoms with E-state index in [2.05, 4.69) is 13.8 Å². The monoisotopic (exact) mass is 257 g/mol. The Bertz CT molecular complexity index is 199. The van der Waals surface area contributed by atoms with Gasteiger partial charge in [-0.2, -0.15) is 0 Å².